The number of benzene rings is 1. The Hall–Kier alpha value is -1.06. The van der Waals surface area contributed by atoms with Gasteiger partial charge in [0, 0.05) is 6.04 Å². The molecule has 0 bridgehead atoms. The minimum atomic E-state index is 0.250. The summed E-state index contributed by atoms with van der Waals surface area (Å²) in [5, 5.41) is 0. The van der Waals surface area contributed by atoms with Gasteiger partial charge >= 0.3 is 0 Å². The molecule has 2 rings (SSSR count). The van der Waals surface area contributed by atoms with Crippen LogP contribution in [-0.4, -0.2) is 6.10 Å². The monoisotopic (exact) mass is 220 g/mol. The summed E-state index contributed by atoms with van der Waals surface area (Å²) < 4.78 is 5.70. The van der Waals surface area contributed by atoms with Gasteiger partial charge in [-0.1, -0.05) is 25.5 Å². The third-order valence-electron chi connectivity index (χ3n) is 2.89. The van der Waals surface area contributed by atoms with Gasteiger partial charge in [0.2, 0.25) is 0 Å². The lowest BCUT2D eigenvalue weighted by molar-refractivity contribution is 0.303. The van der Waals surface area contributed by atoms with E-state index in [0.29, 0.717) is 6.10 Å². The Balaban J connectivity index is 1.98. The molecular weight excluding hydrogens is 200 g/mol. The largest absolute Gasteiger partial charge is 0.490 e. The third-order valence-corrected chi connectivity index (χ3v) is 2.89. The highest BCUT2D eigenvalue weighted by Crippen LogP contribution is 2.28. The summed E-state index contributed by atoms with van der Waals surface area (Å²) in [6.07, 6.45) is 5.04. The molecule has 1 saturated carbocycles. The molecule has 1 aliphatic rings. The Morgan fingerprint density at radius 3 is 2.56 bits per heavy atom. The molecule has 1 unspecified atom stereocenters. The highest BCUT2D eigenvalue weighted by molar-refractivity contribution is 5.29. The van der Waals surface area contributed by atoms with Crippen LogP contribution in [-0.2, 0) is 0 Å². The van der Waals surface area contributed by atoms with E-state index in [1.54, 1.807) is 0 Å². The highest BCUT2D eigenvalue weighted by Gasteiger charge is 2.23. The van der Waals surface area contributed by atoms with Crippen molar-refractivity contribution >= 4 is 0 Å². The molecule has 0 saturated heterocycles. The molecule has 0 radical (unpaired) electrons. The lowest BCUT2D eigenvalue weighted by Gasteiger charge is -2.15. The molecule has 1 aromatic carbocycles. The van der Waals surface area contributed by atoms with E-state index in [1.165, 1.54) is 18.4 Å². The molecule has 3 heteroatoms. The van der Waals surface area contributed by atoms with E-state index in [9.17, 15) is 0 Å². The van der Waals surface area contributed by atoms with Crippen molar-refractivity contribution in [2.45, 2.75) is 44.8 Å². The number of nitrogens with two attached hydrogens (primary N) is 1. The van der Waals surface area contributed by atoms with Crippen LogP contribution in [0.25, 0.3) is 0 Å². The van der Waals surface area contributed by atoms with Crippen LogP contribution in [0.5, 0.6) is 5.75 Å². The lowest BCUT2D eigenvalue weighted by Crippen LogP contribution is -2.27. The second kappa shape index (κ2) is 5.32. The molecule has 0 heterocycles. The van der Waals surface area contributed by atoms with E-state index >= 15 is 0 Å². The van der Waals surface area contributed by atoms with Crippen molar-refractivity contribution in [2.24, 2.45) is 5.84 Å². The Morgan fingerprint density at radius 1 is 1.38 bits per heavy atom. The second-order valence-corrected chi connectivity index (χ2v) is 4.39. The zero-order chi connectivity index (χ0) is 11.4. The second-order valence-electron chi connectivity index (χ2n) is 4.39. The fourth-order valence-electron chi connectivity index (χ4n) is 1.79. The maximum absolute atomic E-state index is 5.70. The number of rotatable bonds is 6. The van der Waals surface area contributed by atoms with Crippen molar-refractivity contribution < 1.29 is 4.74 Å². The quantitative estimate of drug-likeness (QED) is 0.572. The van der Waals surface area contributed by atoms with Gasteiger partial charge < -0.3 is 4.74 Å². The first-order chi connectivity index (χ1) is 7.83. The maximum atomic E-state index is 5.70. The van der Waals surface area contributed by atoms with Crippen LogP contribution in [0.15, 0.2) is 24.3 Å². The molecule has 1 aromatic rings. The van der Waals surface area contributed by atoms with E-state index in [1.807, 2.05) is 12.1 Å². The van der Waals surface area contributed by atoms with Gasteiger partial charge in [-0.15, -0.1) is 0 Å². The molecule has 0 aliphatic heterocycles. The van der Waals surface area contributed by atoms with Crippen LogP contribution in [0.1, 0.15) is 44.2 Å². The Morgan fingerprint density at radius 2 is 2.06 bits per heavy atom. The molecular formula is C13H20N2O. The number of ether oxygens (including phenoxy) is 1. The Kier molecular flexibility index (Phi) is 3.80. The predicted molar refractivity (Wildman–Crippen MR) is 65.1 cm³/mol. The van der Waals surface area contributed by atoms with Crippen LogP contribution in [0.2, 0.25) is 0 Å². The number of hydrazine groups is 1. The molecule has 0 amide bonds. The molecule has 3 N–H and O–H groups in total. The zero-order valence-electron chi connectivity index (χ0n) is 9.78. The molecule has 16 heavy (non-hydrogen) atoms. The molecule has 0 aromatic heterocycles. The smallest absolute Gasteiger partial charge is 0.119 e. The van der Waals surface area contributed by atoms with Crippen LogP contribution >= 0.6 is 0 Å². The minimum Gasteiger partial charge on any atom is -0.490 e. The van der Waals surface area contributed by atoms with Gasteiger partial charge in [-0.25, -0.2) is 0 Å². The first kappa shape index (κ1) is 11.4. The van der Waals surface area contributed by atoms with Crippen molar-refractivity contribution in [2.75, 3.05) is 0 Å². The van der Waals surface area contributed by atoms with E-state index in [-0.39, 0.29) is 6.04 Å². The molecule has 1 fully saturated rings. The van der Waals surface area contributed by atoms with Gasteiger partial charge in [-0.3, -0.25) is 11.3 Å². The van der Waals surface area contributed by atoms with Crippen LogP contribution in [0.4, 0.5) is 0 Å². The standard InChI is InChI=1S/C13H20N2O/c1-2-3-13(15-14)10-4-6-11(7-5-10)16-12-8-9-12/h4-7,12-13,15H,2-3,8-9,14H2,1H3. The summed E-state index contributed by atoms with van der Waals surface area (Å²) >= 11 is 0. The summed E-state index contributed by atoms with van der Waals surface area (Å²) in [5.41, 5.74) is 4.08. The number of hydrogen-bond donors (Lipinski definition) is 2. The van der Waals surface area contributed by atoms with Gasteiger partial charge in [0.1, 0.15) is 5.75 Å². The van der Waals surface area contributed by atoms with Gasteiger partial charge in [-0.2, -0.15) is 0 Å². The molecule has 1 atom stereocenters. The molecule has 1 aliphatic carbocycles. The van der Waals surface area contributed by atoms with Crippen LogP contribution < -0.4 is 16.0 Å². The zero-order valence-corrected chi connectivity index (χ0v) is 9.78. The van der Waals surface area contributed by atoms with Crippen molar-refractivity contribution in [3.05, 3.63) is 29.8 Å². The predicted octanol–water partition coefficient (Wildman–Crippen LogP) is 2.53. The normalized spacial score (nSPS) is 17.1. The summed E-state index contributed by atoms with van der Waals surface area (Å²) in [6, 6.07) is 8.51. The first-order valence-corrected chi connectivity index (χ1v) is 6.06. The highest BCUT2D eigenvalue weighted by atomic mass is 16.5. The average Bonchev–Trinajstić information content (AvgIpc) is 3.11. The number of hydrogen-bond acceptors (Lipinski definition) is 3. The SMILES string of the molecule is CCCC(NN)c1ccc(OC2CC2)cc1. The summed E-state index contributed by atoms with van der Waals surface area (Å²) in [7, 11) is 0. The fraction of sp³-hybridized carbons (Fsp3) is 0.538. The Labute approximate surface area is 97.0 Å². The van der Waals surface area contributed by atoms with E-state index in [4.69, 9.17) is 10.6 Å². The topological polar surface area (TPSA) is 47.3 Å². The molecule has 0 spiro atoms. The minimum absolute atomic E-state index is 0.250. The van der Waals surface area contributed by atoms with Gasteiger partial charge in [0.15, 0.2) is 0 Å². The van der Waals surface area contributed by atoms with Crippen molar-refractivity contribution in [1.82, 2.24) is 5.43 Å². The summed E-state index contributed by atoms with van der Waals surface area (Å²) in [5.74, 6) is 6.51. The van der Waals surface area contributed by atoms with E-state index in [2.05, 4.69) is 24.5 Å². The summed E-state index contributed by atoms with van der Waals surface area (Å²) in [4.78, 5) is 0. The van der Waals surface area contributed by atoms with Crippen LogP contribution in [0, 0.1) is 0 Å². The van der Waals surface area contributed by atoms with Gasteiger partial charge in [0.05, 0.1) is 6.10 Å². The van der Waals surface area contributed by atoms with Crippen LogP contribution in [0.3, 0.4) is 0 Å². The van der Waals surface area contributed by atoms with Crippen molar-refractivity contribution in [3.63, 3.8) is 0 Å². The fourth-order valence-corrected chi connectivity index (χ4v) is 1.79. The summed E-state index contributed by atoms with van der Waals surface area (Å²) in [6.45, 7) is 2.16. The third kappa shape index (κ3) is 2.97. The maximum Gasteiger partial charge on any atom is 0.119 e. The van der Waals surface area contributed by atoms with Gasteiger partial charge in [-0.05, 0) is 37.0 Å². The molecule has 3 nitrogen and oxygen atoms in total. The van der Waals surface area contributed by atoms with Crippen molar-refractivity contribution in [3.8, 4) is 5.75 Å². The number of nitrogens with one attached hydrogen (secondary N) is 1. The Bertz CT molecular complexity index is 319. The first-order valence-electron chi connectivity index (χ1n) is 6.06. The van der Waals surface area contributed by atoms with E-state index in [0.717, 1.165) is 18.6 Å². The average molecular weight is 220 g/mol. The van der Waals surface area contributed by atoms with E-state index < -0.39 is 0 Å². The van der Waals surface area contributed by atoms with Gasteiger partial charge in [0.25, 0.3) is 0 Å². The van der Waals surface area contributed by atoms with Crippen molar-refractivity contribution in [1.29, 1.82) is 0 Å². The molecule has 88 valence electrons. The lowest BCUT2D eigenvalue weighted by atomic mass is 10.0.